The first kappa shape index (κ1) is 16.3. The van der Waals surface area contributed by atoms with Gasteiger partial charge in [0.1, 0.15) is 0 Å². The topological polar surface area (TPSA) is 15.3 Å². The summed E-state index contributed by atoms with van der Waals surface area (Å²) in [5.74, 6) is 0. The molecule has 0 spiro atoms. The zero-order chi connectivity index (χ0) is 15.2. The third-order valence-corrected chi connectivity index (χ3v) is 4.46. The molecular weight excluding hydrogens is 348 g/mol. The van der Waals surface area contributed by atoms with Crippen LogP contribution in [0.4, 0.5) is 5.69 Å². The van der Waals surface area contributed by atoms with Crippen molar-refractivity contribution in [2.24, 2.45) is 0 Å². The predicted molar refractivity (Wildman–Crippen MR) is 95.1 cm³/mol. The van der Waals surface area contributed by atoms with Gasteiger partial charge in [-0.2, -0.15) is 0 Å². The summed E-state index contributed by atoms with van der Waals surface area (Å²) >= 11 is 10.0. The highest BCUT2D eigenvalue weighted by Crippen LogP contribution is 2.31. The van der Waals surface area contributed by atoms with Crippen LogP contribution in [0, 0.1) is 0 Å². The Morgan fingerprint density at radius 1 is 1.10 bits per heavy atom. The summed E-state index contributed by atoms with van der Waals surface area (Å²) in [5, 5.41) is 4.16. The van der Waals surface area contributed by atoms with Crippen molar-refractivity contribution < 1.29 is 0 Å². The fourth-order valence-corrected chi connectivity index (χ4v) is 3.10. The molecule has 0 unspecified atom stereocenters. The van der Waals surface area contributed by atoms with E-state index in [2.05, 4.69) is 64.4 Å². The Labute approximate surface area is 140 Å². The van der Waals surface area contributed by atoms with Crippen molar-refractivity contribution >= 4 is 33.2 Å². The summed E-state index contributed by atoms with van der Waals surface area (Å²) in [6, 6.07) is 14.4. The van der Waals surface area contributed by atoms with Gasteiger partial charge in [0.15, 0.2) is 0 Å². The van der Waals surface area contributed by atoms with Gasteiger partial charge in [-0.25, -0.2) is 0 Å². The average molecular weight is 368 g/mol. The summed E-state index contributed by atoms with van der Waals surface area (Å²) < 4.78 is 1.12. The highest BCUT2D eigenvalue weighted by molar-refractivity contribution is 9.10. The zero-order valence-corrected chi connectivity index (χ0v) is 14.7. The number of anilines is 1. The monoisotopic (exact) mass is 366 g/mol. The van der Waals surface area contributed by atoms with Crippen molar-refractivity contribution in [2.45, 2.75) is 20.0 Å². The van der Waals surface area contributed by atoms with E-state index in [0.29, 0.717) is 0 Å². The van der Waals surface area contributed by atoms with Crippen LogP contribution >= 0.6 is 27.5 Å². The SMILES string of the molecule is CCNCc1cccc(Cl)c1N(C)Cc1ccccc1Br. The highest BCUT2D eigenvalue weighted by Gasteiger charge is 2.12. The van der Waals surface area contributed by atoms with Gasteiger partial charge in [0.2, 0.25) is 0 Å². The Morgan fingerprint density at radius 3 is 2.52 bits per heavy atom. The number of nitrogens with zero attached hydrogens (tertiary/aromatic N) is 1. The lowest BCUT2D eigenvalue weighted by Crippen LogP contribution is -2.21. The minimum absolute atomic E-state index is 0.792. The summed E-state index contributed by atoms with van der Waals surface area (Å²) in [6.45, 7) is 4.69. The lowest BCUT2D eigenvalue weighted by Gasteiger charge is -2.24. The van der Waals surface area contributed by atoms with Crippen LogP contribution < -0.4 is 10.2 Å². The third-order valence-electron chi connectivity index (χ3n) is 3.38. The Morgan fingerprint density at radius 2 is 1.81 bits per heavy atom. The van der Waals surface area contributed by atoms with Gasteiger partial charge in [-0.15, -0.1) is 0 Å². The molecule has 1 N–H and O–H groups in total. The van der Waals surface area contributed by atoms with Gasteiger partial charge in [-0.1, -0.05) is 64.8 Å². The Bertz CT molecular complexity index is 601. The lowest BCUT2D eigenvalue weighted by molar-refractivity contribution is 0.723. The molecule has 2 aromatic rings. The van der Waals surface area contributed by atoms with Crippen molar-refractivity contribution in [1.82, 2.24) is 5.32 Å². The van der Waals surface area contributed by atoms with E-state index in [0.717, 1.165) is 34.8 Å². The van der Waals surface area contributed by atoms with Gasteiger partial charge in [0.25, 0.3) is 0 Å². The van der Waals surface area contributed by atoms with E-state index in [4.69, 9.17) is 11.6 Å². The van der Waals surface area contributed by atoms with E-state index in [9.17, 15) is 0 Å². The summed E-state index contributed by atoms with van der Waals surface area (Å²) in [6.07, 6.45) is 0. The van der Waals surface area contributed by atoms with E-state index < -0.39 is 0 Å². The molecular formula is C17H20BrClN2. The summed E-state index contributed by atoms with van der Waals surface area (Å²) in [5.41, 5.74) is 3.56. The number of para-hydroxylation sites is 1. The van der Waals surface area contributed by atoms with E-state index in [1.165, 1.54) is 11.1 Å². The molecule has 0 atom stereocenters. The summed E-state index contributed by atoms with van der Waals surface area (Å²) in [4.78, 5) is 2.20. The first-order chi connectivity index (χ1) is 10.1. The molecule has 4 heteroatoms. The number of hydrogen-bond donors (Lipinski definition) is 1. The molecule has 2 aromatic carbocycles. The van der Waals surface area contributed by atoms with E-state index in [1.807, 2.05) is 18.2 Å². The molecule has 112 valence electrons. The van der Waals surface area contributed by atoms with Crippen molar-refractivity contribution in [2.75, 3.05) is 18.5 Å². The fourth-order valence-electron chi connectivity index (χ4n) is 2.35. The molecule has 0 bridgehead atoms. The highest BCUT2D eigenvalue weighted by atomic mass is 79.9. The largest absolute Gasteiger partial charge is 0.369 e. The Balaban J connectivity index is 2.26. The number of rotatable bonds is 6. The molecule has 2 rings (SSSR count). The molecule has 0 radical (unpaired) electrons. The molecule has 0 aliphatic heterocycles. The molecule has 0 saturated heterocycles. The molecule has 0 aromatic heterocycles. The van der Waals surface area contributed by atoms with Crippen molar-refractivity contribution in [1.29, 1.82) is 0 Å². The molecule has 0 saturated carbocycles. The second kappa shape index (κ2) is 7.83. The maximum Gasteiger partial charge on any atom is 0.0642 e. The van der Waals surface area contributed by atoms with E-state index >= 15 is 0 Å². The Kier molecular flexibility index (Phi) is 6.09. The van der Waals surface area contributed by atoms with Crippen LogP contribution in [0.1, 0.15) is 18.1 Å². The lowest BCUT2D eigenvalue weighted by atomic mass is 10.1. The van der Waals surface area contributed by atoms with Crippen LogP contribution in [-0.4, -0.2) is 13.6 Å². The molecule has 0 heterocycles. The van der Waals surface area contributed by atoms with Crippen molar-refractivity contribution in [3.8, 4) is 0 Å². The van der Waals surface area contributed by atoms with Gasteiger partial charge in [-0.3, -0.25) is 0 Å². The summed E-state index contributed by atoms with van der Waals surface area (Å²) in [7, 11) is 2.08. The molecule has 0 aliphatic carbocycles. The minimum Gasteiger partial charge on any atom is -0.369 e. The quantitative estimate of drug-likeness (QED) is 0.785. The van der Waals surface area contributed by atoms with E-state index in [-0.39, 0.29) is 0 Å². The molecule has 2 nitrogen and oxygen atoms in total. The average Bonchev–Trinajstić information content (AvgIpc) is 2.47. The minimum atomic E-state index is 0.792. The molecule has 0 amide bonds. The number of hydrogen-bond acceptors (Lipinski definition) is 2. The van der Waals surface area contributed by atoms with Gasteiger partial charge in [0, 0.05) is 24.6 Å². The van der Waals surface area contributed by atoms with Crippen LogP contribution in [0.2, 0.25) is 5.02 Å². The van der Waals surface area contributed by atoms with Crippen LogP contribution in [-0.2, 0) is 13.1 Å². The van der Waals surface area contributed by atoms with E-state index in [1.54, 1.807) is 0 Å². The Hall–Kier alpha value is -1.03. The molecule has 0 aliphatic rings. The maximum atomic E-state index is 6.43. The first-order valence-electron chi connectivity index (χ1n) is 7.06. The second-order valence-electron chi connectivity index (χ2n) is 4.98. The first-order valence-corrected chi connectivity index (χ1v) is 8.23. The number of benzene rings is 2. The molecule has 0 fully saturated rings. The third kappa shape index (κ3) is 4.22. The standard InChI is InChI=1S/C17H20BrClN2/c1-3-20-11-13-8-6-10-16(19)17(13)21(2)12-14-7-4-5-9-15(14)18/h4-10,20H,3,11-12H2,1-2H3. The van der Waals surface area contributed by atoms with Crippen LogP contribution in [0.5, 0.6) is 0 Å². The van der Waals surface area contributed by atoms with Crippen molar-refractivity contribution in [3.63, 3.8) is 0 Å². The maximum absolute atomic E-state index is 6.43. The van der Waals surface area contributed by atoms with Crippen LogP contribution in [0.25, 0.3) is 0 Å². The number of halogens is 2. The van der Waals surface area contributed by atoms with Gasteiger partial charge >= 0.3 is 0 Å². The predicted octanol–water partition coefficient (Wildman–Crippen LogP) is 4.85. The fraction of sp³-hybridized carbons (Fsp3) is 0.294. The normalized spacial score (nSPS) is 10.7. The van der Waals surface area contributed by atoms with Crippen LogP contribution in [0.15, 0.2) is 46.9 Å². The van der Waals surface area contributed by atoms with Crippen molar-refractivity contribution in [3.05, 3.63) is 63.1 Å². The van der Waals surface area contributed by atoms with Gasteiger partial charge in [-0.05, 0) is 29.8 Å². The smallest absolute Gasteiger partial charge is 0.0642 e. The second-order valence-corrected chi connectivity index (χ2v) is 6.24. The van der Waals surface area contributed by atoms with Crippen LogP contribution in [0.3, 0.4) is 0 Å². The van der Waals surface area contributed by atoms with Gasteiger partial charge < -0.3 is 10.2 Å². The van der Waals surface area contributed by atoms with Gasteiger partial charge in [0.05, 0.1) is 10.7 Å². The number of nitrogens with one attached hydrogen (secondary N) is 1. The zero-order valence-electron chi connectivity index (χ0n) is 12.4. The molecule has 21 heavy (non-hydrogen) atoms.